The van der Waals surface area contributed by atoms with Crippen molar-refractivity contribution in [3.05, 3.63) is 58.1 Å². The largest absolute Gasteiger partial charge is 0.300 e. The third kappa shape index (κ3) is 3.94. The number of aromatic nitrogens is 4. The highest BCUT2D eigenvalue weighted by atomic mass is 35.5. The molecular weight excluding hydrogens is 334 g/mol. The molecule has 2 heterocycles. The average molecular weight is 348 g/mol. The van der Waals surface area contributed by atoms with E-state index >= 15 is 0 Å². The minimum absolute atomic E-state index is 0.110. The van der Waals surface area contributed by atoms with E-state index in [2.05, 4.69) is 20.4 Å². The number of hydrogen-bond donors (Lipinski definition) is 1. The number of nitrogens with one attached hydrogen (secondary N) is 1. The van der Waals surface area contributed by atoms with E-state index in [9.17, 15) is 4.79 Å². The van der Waals surface area contributed by atoms with Crippen LogP contribution >= 0.6 is 22.9 Å². The van der Waals surface area contributed by atoms with Crippen LogP contribution in [0.25, 0.3) is 0 Å². The van der Waals surface area contributed by atoms with Gasteiger partial charge in [-0.3, -0.25) is 4.79 Å². The van der Waals surface area contributed by atoms with Gasteiger partial charge in [-0.15, -0.1) is 11.3 Å². The predicted octanol–water partition coefficient (Wildman–Crippen LogP) is 2.93. The van der Waals surface area contributed by atoms with Gasteiger partial charge in [-0.25, -0.2) is 14.6 Å². The molecule has 118 valence electrons. The summed E-state index contributed by atoms with van der Waals surface area (Å²) in [4.78, 5) is 21.2. The van der Waals surface area contributed by atoms with Crippen molar-refractivity contribution >= 4 is 34.0 Å². The smallest absolute Gasteiger partial charge is 0.247 e. The Labute approximate surface area is 142 Å². The molecule has 0 saturated carbocycles. The van der Waals surface area contributed by atoms with Crippen LogP contribution in [-0.2, 0) is 17.8 Å². The Morgan fingerprint density at radius 3 is 2.96 bits per heavy atom. The number of anilines is 1. The Morgan fingerprint density at radius 1 is 1.39 bits per heavy atom. The third-order valence-corrected chi connectivity index (χ3v) is 4.66. The second-order valence-corrected chi connectivity index (χ2v) is 6.43. The summed E-state index contributed by atoms with van der Waals surface area (Å²) < 4.78 is 1.46. The molecule has 1 amide bonds. The van der Waals surface area contributed by atoms with Gasteiger partial charge in [-0.1, -0.05) is 29.8 Å². The summed E-state index contributed by atoms with van der Waals surface area (Å²) in [6, 6.07) is 7.72. The number of benzene rings is 1. The normalized spacial score (nSPS) is 10.7. The number of halogens is 1. The first-order valence-corrected chi connectivity index (χ1v) is 8.13. The average Bonchev–Trinajstić information content (AvgIpc) is 3.12. The van der Waals surface area contributed by atoms with Crippen LogP contribution in [0.3, 0.4) is 0 Å². The van der Waals surface area contributed by atoms with Crippen molar-refractivity contribution < 1.29 is 4.79 Å². The standard InChI is InChI=1S/C15H14ClN5OS/c1-10-13(6-11-4-2-3-5-12(11)16)23-15(19-10)20-14(22)7-21-9-17-8-18-21/h2-5,8-9H,6-7H2,1H3,(H,19,20,22). The molecular formula is C15H14ClN5OS. The van der Waals surface area contributed by atoms with Crippen LogP contribution in [0.4, 0.5) is 5.13 Å². The highest BCUT2D eigenvalue weighted by Crippen LogP contribution is 2.27. The van der Waals surface area contributed by atoms with Crippen LogP contribution in [0.5, 0.6) is 0 Å². The second kappa shape index (κ2) is 6.89. The quantitative estimate of drug-likeness (QED) is 0.770. The number of amides is 1. The molecule has 3 rings (SSSR count). The highest BCUT2D eigenvalue weighted by Gasteiger charge is 2.12. The Kier molecular flexibility index (Phi) is 4.68. The Hall–Kier alpha value is -2.25. The summed E-state index contributed by atoms with van der Waals surface area (Å²) >= 11 is 7.65. The Balaban J connectivity index is 1.68. The molecule has 0 aliphatic heterocycles. The Morgan fingerprint density at radius 2 is 2.22 bits per heavy atom. The van der Waals surface area contributed by atoms with Crippen molar-refractivity contribution in [3.63, 3.8) is 0 Å². The van der Waals surface area contributed by atoms with Gasteiger partial charge in [0.15, 0.2) is 5.13 Å². The van der Waals surface area contributed by atoms with Crippen LogP contribution in [-0.4, -0.2) is 25.7 Å². The molecule has 0 bridgehead atoms. The fourth-order valence-corrected chi connectivity index (χ4v) is 3.28. The first-order chi connectivity index (χ1) is 11.1. The molecule has 0 spiro atoms. The van der Waals surface area contributed by atoms with Crippen molar-refractivity contribution in [1.29, 1.82) is 0 Å². The lowest BCUT2D eigenvalue weighted by Gasteiger charge is -2.02. The monoisotopic (exact) mass is 347 g/mol. The first-order valence-electron chi connectivity index (χ1n) is 6.94. The van der Waals surface area contributed by atoms with Crippen molar-refractivity contribution in [2.45, 2.75) is 19.9 Å². The van der Waals surface area contributed by atoms with E-state index in [1.165, 1.54) is 28.7 Å². The van der Waals surface area contributed by atoms with Gasteiger partial charge in [0, 0.05) is 16.3 Å². The van der Waals surface area contributed by atoms with Gasteiger partial charge in [0.2, 0.25) is 5.91 Å². The molecule has 0 aliphatic rings. The molecule has 23 heavy (non-hydrogen) atoms. The summed E-state index contributed by atoms with van der Waals surface area (Å²) in [6.07, 6.45) is 3.58. The number of aryl methyl sites for hydroxylation is 1. The van der Waals surface area contributed by atoms with Gasteiger partial charge in [0.25, 0.3) is 0 Å². The van der Waals surface area contributed by atoms with Crippen molar-refractivity contribution in [3.8, 4) is 0 Å². The molecule has 0 radical (unpaired) electrons. The second-order valence-electron chi connectivity index (χ2n) is 4.94. The lowest BCUT2D eigenvalue weighted by molar-refractivity contribution is -0.116. The Bertz CT molecular complexity index is 815. The lowest BCUT2D eigenvalue weighted by atomic mass is 10.1. The summed E-state index contributed by atoms with van der Waals surface area (Å²) in [5.74, 6) is -0.187. The van der Waals surface area contributed by atoms with Crippen molar-refractivity contribution in [1.82, 2.24) is 19.7 Å². The van der Waals surface area contributed by atoms with Gasteiger partial charge in [0.05, 0.1) is 5.69 Å². The first kappa shape index (κ1) is 15.6. The number of hydrogen-bond acceptors (Lipinski definition) is 5. The van der Waals surface area contributed by atoms with Crippen LogP contribution in [0.2, 0.25) is 5.02 Å². The van der Waals surface area contributed by atoms with Gasteiger partial charge in [0.1, 0.15) is 19.2 Å². The van der Waals surface area contributed by atoms with E-state index in [0.717, 1.165) is 21.2 Å². The molecule has 0 aliphatic carbocycles. The third-order valence-electron chi connectivity index (χ3n) is 3.22. The minimum atomic E-state index is -0.187. The molecule has 6 nitrogen and oxygen atoms in total. The van der Waals surface area contributed by atoms with Crippen LogP contribution in [0.1, 0.15) is 16.1 Å². The van der Waals surface area contributed by atoms with E-state index in [-0.39, 0.29) is 12.5 Å². The fourth-order valence-electron chi connectivity index (χ4n) is 2.08. The summed E-state index contributed by atoms with van der Waals surface area (Å²) in [7, 11) is 0. The molecule has 1 aromatic carbocycles. The van der Waals surface area contributed by atoms with E-state index in [4.69, 9.17) is 11.6 Å². The van der Waals surface area contributed by atoms with E-state index in [1.807, 2.05) is 31.2 Å². The molecule has 0 saturated heterocycles. The summed E-state index contributed by atoms with van der Waals surface area (Å²) in [5.41, 5.74) is 1.94. The van der Waals surface area contributed by atoms with Crippen LogP contribution < -0.4 is 5.32 Å². The maximum absolute atomic E-state index is 12.0. The van der Waals surface area contributed by atoms with Crippen molar-refractivity contribution in [2.75, 3.05) is 5.32 Å². The van der Waals surface area contributed by atoms with Crippen LogP contribution in [0, 0.1) is 6.92 Å². The molecule has 0 fully saturated rings. The van der Waals surface area contributed by atoms with Gasteiger partial charge in [-0.05, 0) is 18.6 Å². The maximum Gasteiger partial charge on any atom is 0.247 e. The van der Waals surface area contributed by atoms with Crippen molar-refractivity contribution in [2.24, 2.45) is 0 Å². The number of nitrogens with zero attached hydrogens (tertiary/aromatic N) is 4. The highest BCUT2D eigenvalue weighted by molar-refractivity contribution is 7.15. The number of carbonyl (C=O) groups is 1. The minimum Gasteiger partial charge on any atom is -0.300 e. The molecule has 1 N–H and O–H groups in total. The molecule has 3 aromatic rings. The fraction of sp³-hybridized carbons (Fsp3) is 0.200. The van der Waals surface area contributed by atoms with E-state index in [0.29, 0.717) is 11.6 Å². The van der Waals surface area contributed by atoms with Crippen LogP contribution in [0.15, 0.2) is 36.9 Å². The molecule has 0 unspecified atom stereocenters. The summed E-state index contributed by atoms with van der Waals surface area (Å²) in [5, 5.41) is 8.00. The zero-order chi connectivity index (χ0) is 16.2. The van der Waals surface area contributed by atoms with E-state index < -0.39 is 0 Å². The lowest BCUT2D eigenvalue weighted by Crippen LogP contribution is -2.18. The maximum atomic E-state index is 12.0. The topological polar surface area (TPSA) is 72.7 Å². The molecule has 2 aromatic heterocycles. The van der Waals surface area contributed by atoms with Gasteiger partial charge >= 0.3 is 0 Å². The van der Waals surface area contributed by atoms with Gasteiger partial charge < -0.3 is 5.32 Å². The number of rotatable bonds is 5. The SMILES string of the molecule is Cc1nc(NC(=O)Cn2cncn2)sc1Cc1ccccc1Cl. The van der Waals surface area contributed by atoms with Gasteiger partial charge in [-0.2, -0.15) is 5.10 Å². The number of thiazole rings is 1. The molecule has 0 atom stereocenters. The summed E-state index contributed by atoms with van der Waals surface area (Å²) in [6.45, 7) is 2.04. The molecule has 8 heteroatoms. The van der Waals surface area contributed by atoms with E-state index in [1.54, 1.807) is 0 Å². The zero-order valence-electron chi connectivity index (χ0n) is 12.4. The number of carbonyl (C=O) groups excluding carboxylic acids is 1. The predicted molar refractivity (Wildman–Crippen MR) is 89.8 cm³/mol. The zero-order valence-corrected chi connectivity index (χ0v) is 13.9.